The van der Waals surface area contributed by atoms with Gasteiger partial charge in [-0.05, 0) is 31.7 Å². The van der Waals surface area contributed by atoms with Crippen LogP contribution in [0, 0.1) is 5.82 Å². The Balaban J connectivity index is 2.27. The average molecular weight is 271 g/mol. The first-order chi connectivity index (χ1) is 8.77. The zero-order valence-electron chi connectivity index (χ0n) is 10.8. The van der Waals surface area contributed by atoms with Gasteiger partial charge in [-0.25, -0.2) is 9.37 Å². The predicted octanol–water partition coefficient (Wildman–Crippen LogP) is 4.12. The molecule has 0 aliphatic carbocycles. The van der Waals surface area contributed by atoms with Gasteiger partial charge >= 0.3 is 0 Å². The van der Waals surface area contributed by atoms with Crippen molar-refractivity contribution >= 4 is 17.4 Å². The Morgan fingerprint density at radius 2 is 2.33 bits per heavy atom. The zero-order chi connectivity index (χ0) is 13.0. The number of anilines is 1. The molecule has 0 bridgehead atoms. The van der Waals surface area contributed by atoms with E-state index in [-0.39, 0.29) is 11.7 Å². The van der Waals surface area contributed by atoms with E-state index in [0.717, 1.165) is 32.2 Å². The molecule has 0 amide bonds. The monoisotopic (exact) mass is 270 g/mol. The smallest absolute Gasteiger partial charge is 0.170 e. The van der Waals surface area contributed by atoms with Crippen LogP contribution in [0.15, 0.2) is 12.3 Å². The Hall–Kier alpha value is -0.830. The van der Waals surface area contributed by atoms with Crippen molar-refractivity contribution in [3.63, 3.8) is 0 Å². The maximum absolute atomic E-state index is 14.3. The van der Waals surface area contributed by atoms with E-state index in [1.807, 2.05) is 0 Å². The van der Waals surface area contributed by atoms with E-state index in [1.54, 1.807) is 12.3 Å². The van der Waals surface area contributed by atoms with Crippen molar-refractivity contribution in [2.24, 2.45) is 0 Å². The first kappa shape index (κ1) is 13.6. The van der Waals surface area contributed by atoms with Crippen molar-refractivity contribution < 1.29 is 4.39 Å². The molecule has 1 aromatic heterocycles. The Morgan fingerprint density at radius 1 is 1.50 bits per heavy atom. The van der Waals surface area contributed by atoms with Gasteiger partial charge in [0.05, 0.1) is 5.88 Å². The molecule has 0 aromatic carbocycles. The van der Waals surface area contributed by atoms with Crippen LogP contribution in [0.2, 0.25) is 0 Å². The summed E-state index contributed by atoms with van der Waals surface area (Å²) in [5.74, 6) is 0.454. The lowest BCUT2D eigenvalue weighted by Gasteiger charge is -2.37. The van der Waals surface area contributed by atoms with Gasteiger partial charge in [0.25, 0.3) is 0 Å². The number of hydrogen-bond donors (Lipinski definition) is 0. The molecule has 18 heavy (non-hydrogen) atoms. The van der Waals surface area contributed by atoms with Crippen LogP contribution < -0.4 is 4.90 Å². The fraction of sp³-hybridized carbons (Fsp3) is 0.643. The number of aromatic nitrogens is 1. The topological polar surface area (TPSA) is 16.1 Å². The van der Waals surface area contributed by atoms with Gasteiger partial charge in [0, 0.05) is 24.3 Å². The second-order valence-corrected chi connectivity index (χ2v) is 5.14. The molecule has 1 aromatic rings. The van der Waals surface area contributed by atoms with Gasteiger partial charge in [-0.3, -0.25) is 0 Å². The third-order valence-electron chi connectivity index (χ3n) is 3.62. The van der Waals surface area contributed by atoms with Crippen LogP contribution in [0.4, 0.5) is 10.2 Å². The minimum absolute atomic E-state index is 0.202. The lowest BCUT2D eigenvalue weighted by atomic mass is 9.98. The molecule has 1 fully saturated rings. The van der Waals surface area contributed by atoms with Crippen LogP contribution in [0.25, 0.3) is 0 Å². The molecule has 2 heterocycles. The lowest BCUT2D eigenvalue weighted by molar-refractivity contribution is 0.424. The molecule has 1 atom stereocenters. The molecule has 100 valence electrons. The third-order valence-corrected chi connectivity index (χ3v) is 3.90. The highest BCUT2D eigenvalue weighted by Crippen LogP contribution is 2.29. The number of piperidine rings is 1. The second-order valence-electron chi connectivity index (χ2n) is 4.87. The maximum atomic E-state index is 14.3. The number of halogens is 2. The van der Waals surface area contributed by atoms with Crippen LogP contribution >= 0.6 is 11.6 Å². The number of nitrogens with zero attached hydrogens (tertiary/aromatic N) is 2. The van der Waals surface area contributed by atoms with Gasteiger partial charge in [-0.15, -0.1) is 11.6 Å². The molecule has 0 saturated carbocycles. The molecule has 2 nitrogen and oxygen atoms in total. The van der Waals surface area contributed by atoms with Crippen LogP contribution in [0.5, 0.6) is 0 Å². The molecular weight excluding hydrogens is 251 g/mol. The van der Waals surface area contributed by atoms with Gasteiger partial charge in [0.1, 0.15) is 0 Å². The Kier molecular flexibility index (Phi) is 4.81. The van der Waals surface area contributed by atoms with Crippen molar-refractivity contribution in [1.82, 2.24) is 4.98 Å². The van der Waals surface area contributed by atoms with Crippen molar-refractivity contribution in [2.45, 2.75) is 50.9 Å². The number of alkyl halides is 1. The average Bonchev–Trinajstić information content (AvgIpc) is 2.40. The number of hydrogen-bond acceptors (Lipinski definition) is 2. The van der Waals surface area contributed by atoms with Crippen LogP contribution in [-0.2, 0) is 5.88 Å². The van der Waals surface area contributed by atoms with E-state index >= 15 is 0 Å². The Bertz CT molecular complexity index is 395. The summed E-state index contributed by atoms with van der Waals surface area (Å²) in [4.78, 5) is 6.37. The van der Waals surface area contributed by atoms with Gasteiger partial charge < -0.3 is 4.90 Å². The zero-order valence-corrected chi connectivity index (χ0v) is 11.6. The van der Waals surface area contributed by atoms with Gasteiger partial charge in [0.2, 0.25) is 0 Å². The van der Waals surface area contributed by atoms with E-state index in [4.69, 9.17) is 11.6 Å². The molecular formula is C14H20ClFN2. The maximum Gasteiger partial charge on any atom is 0.170 e. The molecule has 0 spiro atoms. The normalized spacial score (nSPS) is 20.2. The largest absolute Gasteiger partial charge is 0.351 e. The summed E-state index contributed by atoms with van der Waals surface area (Å²) in [6.45, 7) is 3.08. The molecule has 1 aliphatic rings. The van der Waals surface area contributed by atoms with Gasteiger partial charge in [-0.1, -0.05) is 13.3 Å². The SMILES string of the molecule is CCCC1CCCCN1c1nccc(CCl)c1F. The van der Waals surface area contributed by atoms with E-state index < -0.39 is 0 Å². The fourth-order valence-electron chi connectivity index (χ4n) is 2.69. The Labute approximate surface area is 113 Å². The first-order valence-electron chi connectivity index (χ1n) is 6.74. The summed E-state index contributed by atoms with van der Waals surface area (Å²) in [6, 6.07) is 2.08. The summed E-state index contributed by atoms with van der Waals surface area (Å²) in [5, 5.41) is 0. The van der Waals surface area contributed by atoms with Crippen LogP contribution in [0.3, 0.4) is 0 Å². The van der Waals surface area contributed by atoms with Crippen LogP contribution in [0.1, 0.15) is 44.6 Å². The summed E-state index contributed by atoms with van der Waals surface area (Å²) in [5.41, 5.74) is 0.544. The lowest BCUT2D eigenvalue weighted by Crippen LogP contribution is -2.40. The first-order valence-corrected chi connectivity index (χ1v) is 7.27. The molecule has 4 heteroatoms. The standard InChI is InChI=1S/C14H20ClFN2/c1-2-5-12-6-3-4-9-18(12)14-13(16)11(10-15)7-8-17-14/h7-8,12H,2-6,9-10H2,1H3. The number of rotatable bonds is 4. The predicted molar refractivity (Wildman–Crippen MR) is 73.6 cm³/mol. The molecule has 0 radical (unpaired) electrons. The fourth-order valence-corrected chi connectivity index (χ4v) is 2.89. The highest BCUT2D eigenvalue weighted by molar-refractivity contribution is 6.17. The number of pyridine rings is 1. The quantitative estimate of drug-likeness (QED) is 0.765. The molecule has 1 saturated heterocycles. The molecule has 0 N–H and O–H groups in total. The third kappa shape index (κ3) is 2.77. The van der Waals surface area contributed by atoms with Gasteiger partial charge in [0.15, 0.2) is 11.6 Å². The van der Waals surface area contributed by atoms with Crippen molar-refractivity contribution in [3.8, 4) is 0 Å². The summed E-state index contributed by atoms with van der Waals surface area (Å²) < 4.78 is 14.3. The highest BCUT2D eigenvalue weighted by Gasteiger charge is 2.25. The highest BCUT2D eigenvalue weighted by atomic mass is 35.5. The van der Waals surface area contributed by atoms with Crippen molar-refractivity contribution in [1.29, 1.82) is 0 Å². The molecule has 2 rings (SSSR count). The van der Waals surface area contributed by atoms with E-state index in [9.17, 15) is 4.39 Å². The summed E-state index contributed by atoms with van der Waals surface area (Å²) in [7, 11) is 0. The van der Waals surface area contributed by atoms with Gasteiger partial charge in [-0.2, -0.15) is 0 Å². The molecule has 1 aliphatic heterocycles. The minimum atomic E-state index is -0.240. The van der Waals surface area contributed by atoms with Crippen LogP contribution in [-0.4, -0.2) is 17.6 Å². The van der Waals surface area contributed by atoms with E-state index in [2.05, 4.69) is 16.8 Å². The Morgan fingerprint density at radius 3 is 3.06 bits per heavy atom. The summed E-state index contributed by atoms with van der Waals surface area (Å²) in [6.07, 6.45) is 7.38. The van der Waals surface area contributed by atoms with E-state index in [0.29, 0.717) is 17.4 Å². The van der Waals surface area contributed by atoms with E-state index in [1.165, 1.54) is 6.42 Å². The van der Waals surface area contributed by atoms with Crippen molar-refractivity contribution in [2.75, 3.05) is 11.4 Å². The summed E-state index contributed by atoms with van der Waals surface area (Å²) >= 11 is 5.75. The second kappa shape index (κ2) is 6.37. The molecule has 1 unspecified atom stereocenters. The minimum Gasteiger partial charge on any atom is -0.351 e. The van der Waals surface area contributed by atoms with Crippen molar-refractivity contribution in [3.05, 3.63) is 23.6 Å².